The van der Waals surface area contributed by atoms with Gasteiger partial charge in [-0.2, -0.15) is 0 Å². The van der Waals surface area contributed by atoms with Crippen LogP contribution in [0.4, 0.5) is 0 Å². The van der Waals surface area contributed by atoms with Crippen LogP contribution in [0.3, 0.4) is 0 Å². The number of piperidine rings is 1. The zero-order chi connectivity index (χ0) is 10.8. The van der Waals surface area contributed by atoms with Crippen molar-refractivity contribution in [3.8, 4) is 0 Å². The molecular formula is C12H25NO2. The van der Waals surface area contributed by atoms with Gasteiger partial charge in [0.2, 0.25) is 0 Å². The van der Waals surface area contributed by atoms with Crippen molar-refractivity contribution in [2.75, 3.05) is 33.5 Å². The number of nitrogens with one attached hydrogen (secondary N) is 1. The molecule has 0 aromatic rings. The highest BCUT2D eigenvalue weighted by atomic mass is 16.5. The normalized spacial score (nSPS) is 21.8. The Morgan fingerprint density at radius 3 is 2.73 bits per heavy atom. The number of hydrogen-bond acceptors (Lipinski definition) is 3. The Morgan fingerprint density at radius 1 is 1.13 bits per heavy atom. The molecule has 1 saturated heterocycles. The number of rotatable bonds is 8. The molecule has 1 aliphatic rings. The second-order valence-electron chi connectivity index (χ2n) is 4.25. The van der Waals surface area contributed by atoms with Gasteiger partial charge in [-0.3, -0.25) is 0 Å². The fraction of sp³-hybridized carbons (Fsp3) is 1.00. The average Bonchev–Trinajstić information content (AvgIpc) is 2.29. The first-order valence-electron chi connectivity index (χ1n) is 6.23. The van der Waals surface area contributed by atoms with Crippen molar-refractivity contribution in [3.05, 3.63) is 0 Å². The minimum atomic E-state index is 0.706. The first kappa shape index (κ1) is 12.9. The highest BCUT2D eigenvalue weighted by Gasteiger charge is 2.11. The molecular weight excluding hydrogens is 190 g/mol. The second kappa shape index (κ2) is 9.13. The van der Waals surface area contributed by atoms with Gasteiger partial charge >= 0.3 is 0 Å². The molecule has 0 saturated carbocycles. The highest BCUT2D eigenvalue weighted by Crippen LogP contribution is 2.09. The lowest BCUT2D eigenvalue weighted by Gasteiger charge is -2.23. The molecule has 0 radical (unpaired) electrons. The lowest BCUT2D eigenvalue weighted by atomic mass is 10.0. The smallest absolute Gasteiger partial charge is 0.0480 e. The Morgan fingerprint density at radius 2 is 2.00 bits per heavy atom. The molecule has 15 heavy (non-hydrogen) atoms. The van der Waals surface area contributed by atoms with E-state index >= 15 is 0 Å². The van der Waals surface area contributed by atoms with Crippen LogP contribution in [0.5, 0.6) is 0 Å². The molecule has 1 N–H and O–H groups in total. The van der Waals surface area contributed by atoms with Gasteiger partial charge in [-0.25, -0.2) is 0 Å². The summed E-state index contributed by atoms with van der Waals surface area (Å²) in [7, 11) is 1.75. The molecule has 0 bridgehead atoms. The van der Waals surface area contributed by atoms with Gasteiger partial charge in [-0.15, -0.1) is 0 Å². The summed E-state index contributed by atoms with van der Waals surface area (Å²) >= 11 is 0. The van der Waals surface area contributed by atoms with E-state index in [1.54, 1.807) is 7.11 Å². The summed E-state index contributed by atoms with van der Waals surface area (Å²) in [5.74, 6) is 0. The predicted molar refractivity (Wildman–Crippen MR) is 62.2 cm³/mol. The fourth-order valence-electron chi connectivity index (χ4n) is 1.95. The summed E-state index contributed by atoms with van der Waals surface area (Å²) in [5.41, 5.74) is 0. The number of ether oxygens (including phenoxy) is 2. The molecule has 0 spiro atoms. The molecule has 0 aliphatic carbocycles. The quantitative estimate of drug-likeness (QED) is 0.628. The standard InChI is InChI=1S/C12H25NO2/c1-14-9-4-5-10-15-11-7-12-6-2-3-8-13-12/h12-13H,2-11H2,1H3. The monoisotopic (exact) mass is 215 g/mol. The largest absolute Gasteiger partial charge is 0.385 e. The van der Waals surface area contributed by atoms with E-state index < -0.39 is 0 Å². The lowest BCUT2D eigenvalue weighted by Crippen LogP contribution is -2.34. The Hall–Kier alpha value is -0.120. The summed E-state index contributed by atoms with van der Waals surface area (Å²) in [6.07, 6.45) is 7.45. The van der Waals surface area contributed by atoms with Crippen molar-refractivity contribution >= 4 is 0 Å². The van der Waals surface area contributed by atoms with Crippen LogP contribution in [0.15, 0.2) is 0 Å². The molecule has 1 rings (SSSR count). The minimum Gasteiger partial charge on any atom is -0.385 e. The van der Waals surface area contributed by atoms with Crippen LogP contribution in [0.2, 0.25) is 0 Å². The molecule has 1 heterocycles. The third kappa shape index (κ3) is 6.88. The van der Waals surface area contributed by atoms with Crippen molar-refractivity contribution in [2.24, 2.45) is 0 Å². The van der Waals surface area contributed by atoms with E-state index in [-0.39, 0.29) is 0 Å². The molecule has 3 heteroatoms. The molecule has 1 unspecified atom stereocenters. The van der Waals surface area contributed by atoms with E-state index in [2.05, 4.69) is 5.32 Å². The predicted octanol–water partition coefficient (Wildman–Crippen LogP) is 1.96. The first-order chi connectivity index (χ1) is 7.43. The van der Waals surface area contributed by atoms with Gasteiger partial charge < -0.3 is 14.8 Å². The van der Waals surface area contributed by atoms with Crippen molar-refractivity contribution in [3.63, 3.8) is 0 Å². The van der Waals surface area contributed by atoms with E-state index in [1.807, 2.05) is 0 Å². The zero-order valence-electron chi connectivity index (χ0n) is 9.96. The Balaban J connectivity index is 1.79. The Bertz CT molecular complexity index is 136. The summed E-state index contributed by atoms with van der Waals surface area (Å²) in [6, 6.07) is 0.706. The Kier molecular flexibility index (Phi) is 7.88. The Labute approximate surface area is 93.5 Å². The van der Waals surface area contributed by atoms with Crippen molar-refractivity contribution in [2.45, 2.75) is 44.6 Å². The topological polar surface area (TPSA) is 30.5 Å². The van der Waals surface area contributed by atoms with Crippen molar-refractivity contribution in [1.82, 2.24) is 5.32 Å². The fourth-order valence-corrected chi connectivity index (χ4v) is 1.95. The third-order valence-corrected chi connectivity index (χ3v) is 2.91. The van der Waals surface area contributed by atoms with Crippen LogP contribution in [-0.4, -0.2) is 39.5 Å². The van der Waals surface area contributed by atoms with Gasteiger partial charge in [0.1, 0.15) is 0 Å². The van der Waals surface area contributed by atoms with E-state index in [0.717, 1.165) is 32.7 Å². The van der Waals surface area contributed by atoms with Crippen LogP contribution in [-0.2, 0) is 9.47 Å². The highest BCUT2D eigenvalue weighted by molar-refractivity contribution is 4.71. The van der Waals surface area contributed by atoms with Crippen molar-refractivity contribution < 1.29 is 9.47 Å². The van der Waals surface area contributed by atoms with Crippen LogP contribution in [0.25, 0.3) is 0 Å². The number of unbranched alkanes of at least 4 members (excludes halogenated alkanes) is 1. The molecule has 0 aromatic heterocycles. The summed E-state index contributed by atoms with van der Waals surface area (Å²) in [4.78, 5) is 0. The summed E-state index contributed by atoms with van der Waals surface area (Å²) in [5, 5.41) is 3.53. The number of hydrogen-bond donors (Lipinski definition) is 1. The van der Waals surface area contributed by atoms with E-state index in [4.69, 9.17) is 9.47 Å². The number of methoxy groups -OCH3 is 1. The molecule has 1 aliphatic heterocycles. The van der Waals surface area contributed by atoms with Gasteiger partial charge in [0, 0.05) is 33.0 Å². The first-order valence-corrected chi connectivity index (χ1v) is 6.23. The average molecular weight is 215 g/mol. The zero-order valence-corrected chi connectivity index (χ0v) is 9.96. The molecule has 0 aromatic carbocycles. The molecule has 3 nitrogen and oxygen atoms in total. The van der Waals surface area contributed by atoms with Crippen LogP contribution >= 0.6 is 0 Å². The van der Waals surface area contributed by atoms with Gasteiger partial charge in [0.15, 0.2) is 0 Å². The van der Waals surface area contributed by atoms with Gasteiger partial charge in [-0.05, 0) is 38.6 Å². The van der Waals surface area contributed by atoms with Gasteiger partial charge in [-0.1, -0.05) is 6.42 Å². The van der Waals surface area contributed by atoms with E-state index in [1.165, 1.54) is 32.2 Å². The molecule has 0 amide bonds. The SMILES string of the molecule is COCCCCOCCC1CCCCN1. The summed E-state index contributed by atoms with van der Waals surface area (Å²) < 4.78 is 10.6. The maximum absolute atomic E-state index is 5.59. The summed E-state index contributed by atoms with van der Waals surface area (Å²) in [6.45, 7) is 3.84. The molecule has 1 atom stereocenters. The second-order valence-corrected chi connectivity index (χ2v) is 4.25. The molecule has 1 fully saturated rings. The minimum absolute atomic E-state index is 0.706. The van der Waals surface area contributed by atoms with Crippen LogP contribution in [0, 0.1) is 0 Å². The van der Waals surface area contributed by atoms with E-state index in [0.29, 0.717) is 6.04 Å². The maximum atomic E-state index is 5.59. The molecule has 90 valence electrons. The van der Waals surface area contributed by atoms with Crippen LogP contribution < -0.4 is 5.32 Å². The van der Waals surface area contributed by atoms with E-state index in [9.17, 15) is 0 Å². The van der Waals surface area contributed by atoms with Gasteiger partial charge in [0.05, 0.1) is 0 Å². The lowest BCUT2D eigenvalue weighted by molar-refractivity contribution is 0.109. The van der Waals surface area contributed by atoms with Crippen molar-refractivity contribution in [1.29, 1.82) is 0 Å². The van der Waals surface area contributed by atoms with Gasteiger partial charge in [0.25, 0.3) is 0 Å². The third-order valence-electron chi connectivity index (χ3n) is 2.91. The maximum Gasteiger partial charge on any atom is 0.0480 e. The van der Waals surface area contributed by atoms with Crippen LogP contribution in [0.1, 0.15) is 38.5 Å².